The van der Waals surface area contributed by atoms with Crippen LogP contribution in [0.2, 0.25) is 5.02 Å². The van der Waals surface area contributed by atoms with Crippen molar-refractivity contribution in [2.75, 3.05) is 7.05 Å². The predicted octanol–water partition coefficient (Wildman–Crippen LogP) is 2.58. The number of nitrogens with zero attached hydrogens (tertiary/aromatic N) is 3. The van der Waals surface area contributed by atoms with Crippen molar-refractivity contribution in [1.82, 2.24) is 25.8 Å². The monoisotopic (exact) mass is 344 g/mol. The summed E-state index contributed by atoms with van der Waals surface area (Å²) in [5.41, 5.74) is 1.11. The Balaban J connectivity index is 1.52. The van der Waals surface area contributed by atoms with Crippen LogP contribution >= 0.6 is 11.6 Å². The molecule has 0 saturated heterocycles. The molecular weight excluding hydrogens is 328 g/mol. The summed E-state index contributed by atoms with van der Waals surface area (Å²) >= 11 is 5.88. The number of aromatic nitrogens is 3. The molecule has 2 aromatic heterocycles. The van der Waals surface area contributed by atoms with Gasteiger partial charge in [-0.3, -0.25) is 10.1 Å². The average Bonchev–Trinajstić information content (AvgIpc) is 3.28. The molecule has 3 rings (SSSR count). The number of halogens is 1. The van der Waals surface area contributed by atoms with E-state index in [0.29, 0.717) is 36.5 Å². The second-order valence-corrected chi connectivity index (χ2v) is 5.43. The average molecular weight is 345 g/mol. The summed E-state index contributed by atoms with van der Waals surface area (Å²) in [6.45, 7) is 1.11. The molecule has 0 amide bonds. The van der Waals surface area contributed by atoms with E-state index >= 15 is 0 Å². The van der Waals surface area contributed by atoms with E-state index in [9.17, 15) is 0 Å². The van der Waals surface area contributed by atoms with E-state index in [4.69, 9.17) is 16.0 Å². The van der Waals surface area contributed by atoms with E-state index in [1.807, 2.05) is 30.3 Å². The number of aromatic amines is 1. The van der Waals surface area contributed by atoms with Gasteiger partial charge >= 0.3 is 0 Å². The van der Waals surface area contributed by atoms with Gasteiger partial charge in [0.2, 0.25) is 5.82 Å². The van der Waals surface area contributed by atoms with Gasteiger partial charge in [0.1, 0.15) is 5.82 Å². The number of aliphatic imine (C=N–C) groups is 1. The summed E-state index contributed by atoms with van der Waals surface area (Å²) in [7, 11) is 1.71. The Morgan fingerprint density at radius 1 is 1.21 bits per heavy atom. The van der Waals surface area contributed by atoms with Gasteiger partial charge in [-0.05, 0) is 29.8 Å². The molecule has 0 radical (unpaired) electrons. The molecule has 8 heteroatoms. The van der Waals surface area contributed by atoms with E-state index < -0.39 is 0 Å². The van der Waals surface area contributed by atoms with Crippen molar-refractivity contribution < 1.29 is 4.42 Å². The number of benzene rings is 1. The van der Waals surface area contributed by atoms with Crippen LogP contribution in [-0.2, 0) is 13.1 Å². The van der Waals surface area contributed by atoms with Gasteiger partial charge < -0.3 is 15.1 Å². The van der Waals surface area contributed by atoms with Crippen LogP contribution in [0, 0.1) is 0 Å². The fraction of sp³-hybridized carbons (Fsp3) is 0.188. The third-order valence-corrected chi connectivity index (χ3v) is 3.55. The maximum atomic E-state index is 5.88. The highest BCUT2D eigenvalue weighted by Gasteiger charge is 2.08. The van der Waals surface area contributed by atoms with E-state index in [0.717, 1.165) is 10.6 Å². The molecule has 0 atom stereocenters. The number of nitrogens with one attached hydrogen (secondary N) is 3. The van der Waals surface area contributed by atoms with Crippen LogP contribution in [0.5, 0.6) is 0 Å². The second-order valence-electron chi connectivity index (χ2n) is 4.99. The second kappa shape index (κ2) is 7.65. The molecular formula is C16H17ClN6O. The van der Waals surface area contributed by atoms with Crippen molar-refractivity contribution in [3.8, 4) is 11.6 Å². The zero-order chi connectivity index (χ0) is 16.8. The summed E-state index contributed by atoms with van der Waals surface area (Å²) in [6.07, 6.45) is 1.59. The first-order valence-corrected chi connectivity index (χ1v) is 7.76. The maximum Gasteiger partial charge on any atom is 0.216 e. The van der Waals surface area contributed by atoms with Gasteiger partial charge in [0, 0.05) is 18.6 Å². The molecule has 1 aromatic carbocycles. The molecule has 0 aliphatic carbocycles. The van der Waals surface area contributed by atoms with E-state index in [1.54, 1.807) is 19.4 Å². The molecule has 7 nitrogen and oxygen atoms in total. The zero-order valence-electron chi connectivity index (χ0n) is 13.1. The minimum atomic E-state index is 0.466. The summed E-state index contributed by atoms with van der Waals surface area (Å²) in [4.78, 5) is 8.55. The van der Waals surface area contributed by atoms with Crippen LogP contribution < -0.4 is 10.6 Å². The van der Waals surface area contributed by atoms with Gasteiger partial charge in [-0.1, -0.05) is 23.7 Å². The SMILES string of the molecule is CN=C(NCc1ccc(Cl)cc1)NCc1nc(-c2ccco2)n[nH]1. The Morgan fingerprint density at radius 2 is 2.00 bits per heavy atom. The molecule has 0 fully saturated rings. The van der Waals surface area contributed by atoms with E-state index in [-0.39, 0.29) is 0 Å². The van der Waals surface area contributed by atoms with Crippen LogP contribution in [0.1, 0.15) is 11.4 Å². The number of furan rings is 1. The van der Waals surface area contributed by atoms with Crippen LogP contribution in [0.15, 0.2) is 52.1 Å². The van der Waals surface area contributed by atoms with Crippen LogP contribution in [0.4, 0.5) is 0 Å². The van der Waals surface area contributed by atoms with E-state index in [2.05, 4.69) is 30.8 Å². The van der Waals surface area contributed by atoms with Gasteiger partial charge in [0.15, 0.2) is 11.7 Å². The molecule has 0 aliphatic rings. The first-order valence-electron chi connectivity index (χ1n) is 7.38. The first-order chi connectivity index (χ1) is 11.7. The van der Waals surface area contributed by atoms with Crippen molar-refractivity contribution in [2.45, 2.75) is 13.1 Å². The standard InChI is InChI=1S/C16H17ClN6O/c1-18-16(19-9-11-4-6-12(17)7-5-11)20-10-14-21-15(23-22-14)13-3-2-8-24-13/h2-8H,9-10H2,1H3,(H2,18,19,20)(H,21,22,23). The van der Waals surface area contributed by atoms with Gasteiger partial charge in [-0.25, -0.2) is 4.98 Å². The first kappa shape index (κ1) is 16.1. The Morgan fingerprint density at radius 3 is 2.71 bits per heavy atom. The zero-order valence-corrected chi connectivity index (χ0v) is 13.8. The van der Waals surface area contributed by atoms with Crippen molar-refractivity contribution in [1.29, 1.82) is 0 Å². The highest BCUT2D eigenvalue weighted by molar-refractivity contribution is 6.30. The van der Waals surface area contributed by atoms with Gasteiger partial charge in [-0.2, -0.15) is 0 Å². The van der Waals surface area contributed by atoms with Crippen molar-refractivity contribution in [3.63, 3.8) is 0 Å². The van der Waals surface area contributed by atoms with Gasteiger partial charge in [0.05, 0.1) is 12.8 Å². The topological polar surface area (TPSA) is 91.1 Å². The molecule has 0 saturated carbocycles. The van der Waals surface area contributed by atoms with Crippen molar-refractivity contribution in [3.05, 3.63) is 59.1 Å². The Bertz CT molecular complexity index is 794. The largest absolute Gasteiger partial charge is 0.461 e. The third-order valence-electron chi connectivity index (χ3n) is 3.29. The lowest BCUT2D eigenvalue weighted by Crippen LogP contribution is -2.36. The lowest BCUT2D eigenvalue weighted by atomic mass is 10.2. The van der Waals surface area contributed by atoms with Crippen LogP contribution in [0.3, 0.4) is 0 Å². The fourth-order valence-electron chi connectivity index (χ4n) is 2.07. The number of guanidine groups is 1. The molecule has 3 N–H and O–H groups in total. The number of rotatable bonds is 5. The smallest absolute Gasteiger partial charge is 0.216 e. The molecule has 124 valence electrons. The maximum absolute atomic E-state index is 5.88. The lowest BCUT2D eigenvalue weighted by molar-refractivity contribution is 0.577. The molecule has 3 aromatic rings. The minimum Gasteiger partial charge on any atom is -0.461 e. The van der Waals surface area contributed by atoms with Crippen molar-refractivity contribution >= 4 is 17.6 Å². The van der Waals surface area contributed by atoms with E-state index in [1.165, 1.54) is 0 Å². The molecule has 0 bridgehead atoms. The highest BCUT2D eigenvalue weighted by Crippen LogP contribution is 2.14. The minimum absolute atomic E-state index is 0.466. The summed E-state index contributed by atoms with van der Waals surface area (Å²) in [5.74, 6) is 2.51. The van der Waals surface area contributed by atoms with Crippen LogP contribution in [0.25, 0.3) is 11.6 Å². The molecule has 2 heterocycles. The van der Waals surface area contributed by atoms with Crippen LogP contribution in [-0.4, -0.2) is 28.2 Å². The lowest BCUT2D eigenvalue weighted by Gasteiger charge is -2.10. The summed E-state index contributed by atoms with van der Waals surface area (Å²) in [5, 5.41) is 14.1. The van der Waals surface area contributed by atoms with Crippen molar-refractivity contribution in [2.24, 2.45) is 4.99 Å². The summed E-state index contributed by atoms with van der Waals surface area (Å²) < 4.78 is 5.26. The molecule has 0 aliphatic heterocycles. The molecule has 0 spiro atoms. The highest BCUT2D eigenvalue weighted by atomic mass is 35.5. The third kappa shape index (κ3) is 4.14. The fourth-order valence-corrected chi connectivity index (χ4v) is 2.19. The van der Waals surface area contributed by atoms with Gasteiger partial charge in [-0.15, -0.1) is 5.10 Å². The molecule has 0 unspecified atom stereocenters. The predicted molar refractivity (Wildman–Crippen MR) is 92.6 cm³/mol. The number of hydrogen-bond donors (Lipinski definition) is 3. The Hall–Kier alpha value is -2.80. The van der Waals surface area contributed by atoms with Gasteiger partial charge in [0.25, 0.3) is 0 Å². The Labute approximate surface area is 144 Å². The number of hydrogen-bond acceptors (Lipinski definition) is 4. The number of H-pyrrole nitrogens is 1. The quantitative estimate of drug-likeness (QED) is 0.489. The normalized spacial score (nSPS) is 11.5. The Kier molecular flexibility index (Phi) is 5.12. The summed E-state index contributed by atoms with van der Waals surface area (Å²) in [6, 6.07) is 11.3. The molecule has 24 heavy (non-hydrogen) atoms.